The minimum atomic E-state index is -4.27. The van der Waals surface area contributed by atoms with E-state index in [0.717, 1.165) is 21.5 Å². The summed E-state index contributed by atoms with van der Waals surface area (Å²) in [6.45, 7) is 0. The Bertz CT molecular complexity index is 799. The average molecular weight is 326 g/mol. The van der Waals surface area contributed by atoms with Crippen LogP contribution < -0.4 is 5.73 Å². The van der Waals surface area contributed by atoms with E-state index in [-0.39, 0.29) is 12.4 Å². The Morgan fingerprint density at radius 3 is 2.05 bits per heavy atom. The van der Waals surface area contributed by atoms with Gasteiger partial charge in [-0.1, -0.05) is 48.5 Å². The lowest BCUT2D eigenvalue weighted by molar-refractivity contribution is -0.138. The lowest BCUT2D eigenvalue weighted by Gasteiger charge is -2.18. The third-order valence-electron chi connectivity index (χ3n) is 3.65. The normalized spacial score (nSPS) is 13.1. The fraction of sp³-hybridized carbons (Fsp3) is 0.176. The van der Waals surface area contributed by atoms with Crippen molar-refractivity contribution in [3.63, 3.8) is 0 Å². The zero-order valence-electron chi connectivity index (χ0n) is 11.6. The van der Waals surface area contributed by atoms with Crippen LogP contribution in [0.5, 0.6) is 0 Å². The fourth-order valence-corrected chi connectivity index (χ4v) is 2.75. The van der Waals surface area contributed by atoms with Crippen molar-refractivity contribution in [3.05, 3.63) is 60.2 Å². The molecule has 3 aromatic rings. The predicted molar refractivity (Wildman–Crippen MR) is 86.3 cm³/mol. The number of nitrogens with two attached hydrogens (primary N) is 1. The van der Waals surface area contributed by atoms with Gasteiger partial charge in [0.05, 0.1) is 6.42 Å². The smallest absolute Gasteiger partial charge is 0.324 e. The lowest BCUT2D eigenvalue weighted by atomic mass is 9.92. The maximum atomic E-state index is 12.6. The van der Waals surface area contributed by atoms with E-state index in [2.05, 4.69) is 0 Å². The summed E-state index contributed by atoms with van der Waals surface area (Å²) >= 11 is 0. The Labute approximate surface area is 132 Å². The van der Waals surface area contributed by atoms with Gasteiger partial charge in [-0.3, -0.25) is 0 Å². The molecule has 0 unspecified atom stereocenters. The highest BCUT2D eigenvalue weighted by Gasteiger charge is 2.31. The van der Waals surface area contributed by atoms with Crippen LogP contribution in [0.1, 0.15) is 18.0 Å². The van der Waals surface area contributed by atoms with Crippen LogP contribution in [0, 0.1) is 0 Å². The molecule has 0 aliphatic rings. The summed E-state index contributed by atoms with van der Waals surface area (Å²) in [5.41, 5.74) is 6.36. The number of hydrogen-bond acceptors (Lipinski definition) is 1. The van der Waals surface area contributed by atoms with Gasteiger partial charge in [0, 0.05) is 6.04 Å². The molecule has 0 saturated carbocycles. The second kappa shape index (κ2) is 6.15. The monoisotopic (exact) mass is 325 g/mol. The van der Waals surface area contributed by atoms with Gasteiger partial charge in [0.25, 0.3) is 0 Å². The largest absolute Gasteiger partial charge is 0.390 e. The summed E-state index contributed by atoms with van der Waals surface area (Å²) < 4.78 is 37.9. The lowest BCUT2D eigenvalue weighted by Crippen LogP contribution is -2.20. The van der Waals surface area contributed by atoms with Gasteiger partial charge >= 0.3 is 6.18 Å². The molecule has 3 aromatic carbocycles. The Morgan fingerprint density at radius 2 is 1.41 bits per heavy atom. The molecule has 22 heavy (non-hydrogen) atoms. The molecular formula is C17H15ClF3N. The van der Waals surface area contributed by atoms with Crippen molar-refractivity contribution in [3.8, 4) is 0 Å². The number of rotatable bonds is 2. The third kappa shape index (κ3) is 3.18. The summed E-state index contributed by atoms with van der Waals surface area (Å²) in [6.07, 6.45) is -5.29. The van der Waals surface area contributed by atoms with Gasteiger partial charge in [-0.15, -0.1) is 12.4 Å². The van der Waals surface area contributed by atoms with Crippen LogP contribution in [0.3, 0.4) is 0 Å². The molecule has 2 N–H and O–H groups in total. The van der Waals surface area contributed by atoms with Crippen LogP contribution in [0.15, 0.2) is 54.6 Å². The van der Waals surface area contributed by atoms with Crippen LogP contribution in [0.4, 0.5) is 13.2 Å². The van der Waals surface area contributed by atoms with Crippen molar-refractivity contribution in [1.82, 2.24) is 0 Å². The van der Waals surface area contributed by atoms with Gasteiger partial charge in [-0.25, -0.2) is 0 Å². The Morgan fingerprint density at radius 1 is 0.864 bits per heavy atom. The van der Waals surface area contributed by atoms with Crippen molar-refractivity contribution in [2.45, 2.75) is 18.6 Å². The molecule has 5 heteroatoms. The molecular weight excluding hydrogens is 311 g/mol. The second-order valence-corrected chi connectivity index (χ2v) is 5.16. The minimum absolute atomic E-state index is 0. The van der Waals surface area contributed by atoms with Crippen LogP contribution in [-0.2, 0) is 0 Å². The molecule has 0 bridgehead atoms. The van der Waals surface area contributed by atoms with Crippen molar-refractivity contribution >= 4 is 34.0 Å². The maximum absolute atomic E-state index is 12.6. The van der Waals surface area contributed by atoms with Crippen molar-refractivity contribution in [2.24, 2.45) is 5.73 Å². The van der Waals surface area contributed by atoms with Gasteiger partial charge in [-0.05, 0) is 33.2 Å². The maximum Gasteiger partial charge on any atom is 0.390 e. The fourth-order valence-electron chi connectivity index (χ4n) is 2.75. The number of halogens is 4. The molecule has 0 fully saturated rings. The van der Waals surface area contributed by atoms with Crippen molar-refractivity contribution < 1.29 is 13.2 Å². The summed E-state index contributed by atoms with van der Waals surface area (Å²) in [5.74, 6) is 0. The standard InChI is InChI=1S/C17H14F3N.ClH/c18-17(19,20)10-16(21)15-9-11-5-1-2-6-12(11)13-7-3-4-8-14(13)15;/h1-9,16H,10,21H2;1H/t16-;/m0./s1. The molecule has 0 aliphatic carbocycles. The number of benzene rings is 3. The van der Waals surface area contributed by atoms with Gasteiger partial charge in [0.2, 0.25) is 0 Å². The van der Waals surface area contributed by atoms with E-state index < -0.39 is 18.6 Å². The highest BCUT2D eigenvalue weighted by molar-refractivity contribution is 6.09. The van der Waals surface area contributed by atoms with Crippen LogP contribution >= 0.6 is 12.4 Å². The molecule has 0 saturated heterocycles. The molecule has 0 radical (unpaired) electrons. The molecule has 1 atom stereocenters. The summed E-state index contributed by atoms with van der Waals surface area (Å²) in [4.78, 5) is 0. The van der Waals surface area contributed by atoms with E-state index in [1.54, 1.807) is 6.07 Å². The second-order valence-electron chi connectivity index (χ2n) is 5.16. The van der Waals surface area contributed by atoms with Crippen LogP contribution in [0.2, 0.25) is 0 Å². The van der Waals surface area contributed by atoms with E-state index in [1.807, 2.05) is 48.5 Å². The summed E-state index contributed by atoms with van der Waals surface area (Å²) in [7, 11) is 0. The van der Waals surface area contributed by atoms with Gasteiger partial charge in [0.15, 0.2) is 0 Å². The van der Waals surface area contributed by atoms with Gasteiger partial charge in [0.1, 0.15) is 0 Å². The molecule has 0 aliphatic heterocycles. The van der Waals surface area contributed by atoms with E-state index in [9.17, 15) is 13.2 Å². The minimum Gasteiger partial charge on any atom is -0.324 e. The number of fused-ring (bicyclic) bond motifs is 3. The molecule has 1 nitrogen and oxygen atoms in total. The van der Waals surface area contributed by atoms with Gasteiger partial charge in [-0.2, -0.15) is 13.2 Å². The molecule has 0 amide bonds. The van der Waals surface area contributed by atoms with Crippen molar-refractivity contribution in [2.75, 3.05) is 0 Å². The predicted octanol–water partition coefficient (Wildman–Crippen LogP) is 5.37. The first kappa shape index (κ1) is 16.6. The highest BCUT2D eigenvalue weighted by atomic mass is 35.5. The topological polar surface area (TPSA) is 26.0 Å². The van der Waals surface area contributed by atoms with E-state index in [0.29, 0.717) is 5.56 Å². The van der Waals surface area contributed by atoms with Gasteiger partial charge < -0.3 is 5.73 Å². The quantitative estimate of drug-likeness (QED) is 0.630. The molecule has 3 rings (SSSR count). The Hall–Kier alpha value is -1.78. The summed E-state index contributed by atoms with van der Waals surface area (Å²) in [6, 6.07) is 15.8. The van der Waals surface area contributed by atoms with Crippen LogP contribution in [-0.4, -0.2) is 6.18 Å². The zero-order valence-corrected chi connectivity index (χ0v) is 12.4. The van der Waals surface area contributed by atoms with E-state index in [1.165, 1.54) is 0 Å². The molecule has 0 heterocycles. The zero-order chi connectivity index (χ0) is 15.0. The average Bonchev–Trinajstić information content (AvgIpc) is 2.44. The Kier molecular flexibility index (Phi) is 4.63. The number of alkyl halides is 3. The van der Waals surface area contributed by atoms with Crippen molar-refractivity contribution in [1.29, 1.82) is 0 Å². The first-order chi connectivity index (χ1) is 9.96. The first-order valence-electron chi connectivity index (χ1n) is 6.68. The van der Waals surface area contributed by atoms with Crippen LogP contribution in [0.25, 0.3) is 21.5 Å². The molecule has 116 valence electrons. The summed E-state index contributed by atoms with van der Waals surface area (Å²) in [5, 5.41) is 3.65. The highest BCUT2D eigenvalue weighted by Crippen LogP contribution is 2.35. The molecule has 0 aromatic heterocycles. The van der Waals surface area contributed by atoms with E-state index in [4.69, 9.17) is 5.73 Å². The van der Waals surface area contributed by atoms with E-state index >= 15 is 0 Å². The first-order valence-corrected chi connectivity index (χ1v) is 6.68. The Balaban J connectivity index is 0.00000176. The third-order valence-corrected chi connectivity index (χ3v) is 3.65. The number of hydrogen-bond donors (Lipinski definition) is 1. The SMILES string of the molecule is Cl.N[C@@H](CC(F)(F)F)c1cc2ccccc2c2ccccc12. The molecule has 0 spiro atoms.